The summed E-state index contributed by atoms with van der Waals surface area (Å²) in [6.45, 7) is 1.48. The van der Waals surface area contributed by atoms with Gasteiger partial charge in [-0.25, -0.2) is 15.0 Å². The molecule has 3 aromatic rings. The van der Waals surface area contributed by atoms with Gasteiger partial charge in [-0.15, -0.1) is 0 Å². The molecule has 0 unspecified atom stereocenters. The van der Waals surface area contributed by atoms with Crippen LogP contribution in [0.1, 0.15) is 18.7 Å². The first-order valence-electron chi connectivity index (χ1n) is 7.82. The highest BCUT2D eigenvalue weighted by Gasteiger charge is 2.37. The van der Waals surface area contributed by atoms with Gasteiger partial charge < -0.3 is 14.6 Å². The van der Waals surface area contributed by atoms with Gasteiger partial charge in [0, 0.05) is 50.8 Å². The first-order valence-corrected chi connectivity index (χ1v) is 7.82. The molecule has 0 saturated carbocycles. The van der Waals surface area contributed by atoms with Crippen molar-refractivity contribution in [3.63, 3.8) is 0 Å². The van der Waals surface area contributed by atoms with Crippen molar-refractivity contribution in [2.24, 2.45) is 7.05 Å². The van der Waals surface area contributed by atoms with Gasteiger partial charge in [0.05, 0.1) is 5.52 Å². The van der Waals surface area contributed by atoms with Gasteiger partial charge in [0.2, 0.25) is 0 Å². The lowest BCUT2D eigenvalue weighted by molar-refractivity contribution is 0.000712. The summed E-state index contributed by atoms with van der Waals surface area (Å²) in [7, 11) is 1.92. The second kappa shape index (κ2) is 5.31. The SMILES string of the molecule is Cn1ccnc1C1(O)CCN(c2ncnc3ccccc23)CC1. The average Bonchev–Trinajstić information content (AvgIpc) is 3.02. The number of nitrogens with zero attached hydrogens (tertiary/aromatic N) is 5. The fourth-order valence-corrected chi connectivity index (χ4v) is 3.37. The minimum atomic E-state index is -0.864. The second-order valence-corrected chi connectivity index (χ2v) is 6.09. The van der Waals surface area contributed by atoms with E-state index in [0.29, 0.717) is 12.8 Å². The van der Waals surface area contributed by atoms with Gasteiger partial charge in [-0.1, -0.05) is 12.1 Å². The summed E-state index contributed by atoms with van der Waals surface area (Å²) in [6.07, 6.45) is 6.48. The van der Waals surface area contributed by atoms with E-state index in [0.717, 1.165) is 35.6 Å². The number of hydrogen-bond donors (Lipinski definition) is 1. The highest BCUT2D eigenvalue weighted by molar-refractivity contribution is 5.89. The third kappa shape index (κ3) is 2.35. The van der Waals surface area contributed by atoms with E-state index in [1.807, 2.05) is 42.1 Å². The third-order valence-electron chi connectivity index (χ3n) is 4.65. The van der Waals surface area contributed by atoms with Gasteiger partial charge in [-0.3, -0.25) is 0 Å². The van der Waals surface area contributed by atoms with E-state index in [2.05, 4.69) is 19.9 Å². The summed E-state index contributed by atoms with van der Waals surface area (Å²) < 4.78 is 1.90. The summed E-state index contributed by atoms with van der Waals surface area (Å²) >= 11 is 0. The molecule has 0 radical (unpaired) electrons. The molecular formula is C17H19N5O. The Hall–Kier alpha value is -2.47. The van der Waals surface area contributed by atoms with E-state index < -0.39 is 5.60 Å². The smallest absolute Gasteiger partial charge is 0.140 e. The normalized spacial score (nSPS) is 17.6. The van der Waals surface area contributed by atoms with E-state index in [-0.39, 0.29) is 0 Å². The topological polar surface area (TPSA) is 67.1 Å². The van der Waals surface area contributed by atoms with Crippen molar-refractivity contribution in [3.8, 4) is 0 Å². The van der Waals surface area contributed by atoms with Crippen LogP contribution in [-0.2, 0) is 12.6 Å². The molecule has 0 atom stereocenters. The largest absolute Gasteiger partial charge is 0.382 e. The van der Waals surface area contributed by atoms with Gasteiger partial charge in [0.15, 0.2) is 0 Å². The molecule has 0 spiro atoms. The number of benzene rings is 1. The van der Waals surface area contributed by atoms with E-state index >= 15 is 0 Å². The highest BCUT2D eigenvalue weighted by Crippen LogP contribution is 2.34. The van der Waals surface area contributed by atoms with Gasteiger partial charge >= 0.3 is 0 Å². The zero-order valence-electron chi connectivity index (χ0n) is 13.1. The first kappa shape index (κ1) is 14.1. The Morgan fingerprint density at radius 2 is 1.87 bits per heavy atom. The van der Waals surface area contributed by atoms with Crippen molar-refractivity contribution in [2.45, 2.75) is 18.4 Å². The zero-order chi connectivity index (χ0) is 15.9. The van der Waals surface area contributed by atoms with Crippen molar-refractivity contribution in [1.82, 2.24) is 19.5 Å². The number of aryl methyl sites for hydroxylation is 1. The van der Waals surface area contributed by atoms with E-state index in [1.54, 1.807) is 12.5 Å². The Morgan fingerprint density at radius 3 is 2.61 bits per heavy atom. The van der Waals surface area contributed by atoms with Gasteiger partial charge in [-0.2, -0.15) is 0 Å². The molecule has 6 heteroatoms. The monoisotopic (exact) mass is 309 g/mol. The van der Waals surface area contributed by atoms with Crippen LogP contribution in [-0.4, -0.2) is 37.7 Å². The maximum Gasteiger partial charge on any atom is 0.140 e. The molecular weight excluding hydrogens is 290 g/mol. The first-order chi connectivity index (χ1) is 11.2. The molecule has 1 aliphatic rings. The number of imidazole rings is 1. The molecule has 6 nitrogen and oxygen atoms in total. The summed E-state index contributed by atoms with van der Waals surface area (Å²) in [6, 6.07) is 8.03. The molecule has 1 saturated heterocycles. The van der Waals surface area contributed by atoms with E-state index in [4.69, 9.17) is 0 Å². The molecule has 1 aromatic carbocycles. The third-order valence-corrected chi connectivity index (χ3v) is 4.65. The molecule has 3 heterocycles. The summed E-state index contributed by atoms with van der Waals surface area (Å²) in [5, 5.41) is 12.0. The van der Waals surface area contributed by atoms with Crippen molar-refractivity contribution < 1.29 is 5.11 Å². The molecule has 0 amide bonds. The number of anilines is 1. The van der Waals surface area contributed by atoms with Crippen LogP contribution in [0.2, 0.25) is 0 Å². The van der Waals surface area contributed by atoms with Gasteiger partial charge in [0.25, 0.3) is 0 Å². The minimum Gasteiger partial charge on any atom is -0.382 e. The molecule has 0 aliphatic carbocycles. The average molecular weight is 309 g/mol. The number of rotatable bonds is 2. The van der Waals surface area contributed by atoms with Crippen molar-refractivity contribution in [3.05, 3.63) is 48.8 Å². The number of aliphatic hydroxyl groups is 1. The second-order valence-electron chi connectivity index (χ2n) is 6.09. The lowest BCUT2D eigenvalue weighted by atomic mass is 9.90. The Balaban J connectivity index is 1.61. The lowest BCUT2D eigenvalue weighted by Crippen LogP contribution is -2.44. The number of hydrogen-bond acceptors (Lipinski definition) is 5. The minimum absolute atomic E-state index is 0.635. The van der Waals surface area contributed by atoms with Crippen LogP contribution < -0.4 is 4.90 Å². The molecule has 1 N–H and O–H groups in total. The lowest BCUT2D eigenvalue weighted by Gasteiger charge is -2.38. The summed E-state index contributed by atoms with van der Waals surface area (Å²) in [5.74, 6) is 1.68. The fourth-order valence-electron chi connectivity index (χ4n) is 3.37. The molecule has 1 fully saturated rings. The predicted octanol–water partition coefficient (Wildman–Crippen LogP) is 1.85. The molecule has 1 aliphatic heterocycles. The van der Waals surface area contributed by atoms with Crippen molar-refractivity contribution in [1.29, 1.82) is 0 Å². The standard InChI is InChI=1S/C17H19N5O/c1-21-11-8-18-16(21)17(23)6-9-22(10-7-17)15-13-4-2-3-5-14(13)19-12-20-15/h2-5,8,11-12,23H,6-7,9-10H2,1H3. The van der Waals surface area contributed by atoms with Crippen LogP contribution in [0.15, 0.2) is 43.0 Å². The van der Waals surface area contributed by atoms with Crippen LogP contribution in [0.3, 0.4) is 0 Å². The number of para-hydroxylation sites is 1. The fraction of sp³-hybridized carbons (Fsp3) is 0.353. The molecule has 0 bridgehead atoms. The van der Waals surface area contributed by atoms with Crippen LogP contribution >= 0.6 is 0 Å². The molecule has 23 heavy (non-hydrogen) atoms. The van der Waals surface area contributed by atoms with Crippen molar-refractivity contribution in [2.75, 3.05) is 18.0 Å². The number of aromatic nitrogens is 4. The Bertz CT molecular complexity index is 830. The van der Waals surface area contributed by atoms with Crippen LogP contribution in [0, 0.1) is 0 Å². The highest BCUT2D eigenvalue weighted by atomic mass is 16.3. The quantitative estimate of drug-likeness (QED) is 0.782. The van der Waals surface area contributed by atoms with Gasteiger partial charge in [-0.05, 0) is 12.1 Å². The summed E-state index contributed by atoms with van der Waals surface area (Å²) in [4.78, 5) is 15.3. The number of piperidine rings is 1. The maximum atomic E-state index is 10.9. The Morgan fingerprint density at radius 1 is 1.09 bits per heavy atom. The van der Waals surface area contributed by atoms with E-state index in [1.165, 1.54) is 0 Å². The van der Waals surface area contributed by atoms with E-state index in [9.17, 15) is 5.11 Å². The predicted molar refractivity (Wildman–Crippen MR) is 88.1 cm³/mol. The summed E-state index contributed by atoms with van der Waals surface area (Å²) in [5.41, 5.74) is 0.0832. The molecule has 4 rings (SSSR count). The maximum absolute atomic E-state index is 10.9. The number of fused-ring (bicyclic) bond motifs is 1. The molecule has 118 valence electrons. The van der Waals surface area contributed by atoms with Crippen LogP contribution in [0.4, 0.5) is 5.82 Å². The van der Waals surface area contributed by atoms with Crippen LogP contribution in [0.25, 0.3) is 10.9 Å². The zero-order valence-corrected chi connectivity index (χ0v) is 13.1. The Labute approximate surface area is 134 Å². The molecule has 2 aromatic heterocycles. The van der Waals surface area contributed by atoms with Crippen LogP contribution in [0.5, 0.6) is 0 Å². The van der Waals surface area contributed by atoms with Crippen molar-refractivity contribution >= 4 is 16.7 Å². The Kier molecular flexibility index (Phi) is 3.27. The van der Waals surface area contributed by atoms with Gasteiger partial charge in [0.1, 0.15) is 23.6 Å².